The van der Waals surface area contributed by atoms with Crippen molar-refractivity contribution in [3.63, 3.8) is 0 Å². The Bertz CT molecular complexity index is 610. The summed E-state index contributed by atoms with van der Waals surface area (Å²) in [5.41, 5.74) is 1.03. The van der Waals surface area contributed by atoms with E-state index in [2.05, 4.69) is 5.32 Å². The first kappa shape index (κ1) is 19.3. The predicted octanol–water partition coefficient (Wildman–Crippen LogP) is 0.691. The highest BCUT2D eigenvalue weighted by atomic mass is 32.2. The maximum atomic E-state index is 12.5. The van der Waals surface area contributed by atoms with Gasteiger partial charge in [0.2, 0.25) is 5.91 Å². The van der Waals surface area contributed by atoms with Crippen LogP contribution in [-0.2, 0) is 20.8 Å². The van der Waals surface area contributed by atoms with Gasteiger partial charge in [0.1, 0.15) is 12.6 Å². The summed E-state index contributed by atoms with van der Waals surface area (Å²) in [6.45, 7) is -0.00490. The minimum Gasteiger partial charge on any atom is -0.480 e. The van der Waals surface area contributed by atoms with Crippen LogP contribution in [0.5, 0.6) is 0 Å². The fourth-order valence-electron chi connectivity index (χ4n) is 2.69. The van der Waals surface area contributed by atoms with E-state index in [0.717, 1.165) is 5.56 Å². The van der Waals surface area contributed by atoms with Gasteiger partial charge in [0.05, 0.1) is 6.04 Å². The van der Waals surface area contributed by atoms with Gasteiger partial charge in [0.15, 0.2) is 0 Å². The number of carbonyl (C=O) groups is 3. The number of rotatable bonds is 8. The summed E-state index contributed by atoms with van der Waals surface area (Å²) in [5.74, 6) is -1.36. The summed E-state index contributed by atoms with van der Waals surface area (Å²) in [4.78, 5) is 36.2. The summed E-state index contributed by atoms with van der Waals surface area (Å²) in [7, 11) is 0. The van der Waals surface area contributed by atoms with Gasteiger partial charge in [-0.25, -0.2) is 0 Å². The van der Waals surface area contributed by atoms with Crippen LogP contribution in [-0.4, -0.2) is 69.6 Å². The molecule has 1 aliphatic rings. The molecule has 3 N–H and O–H groups in total. The minimum absolute atomic E-state index is 0.349. The largest absolute Gasteiger partial charge is 0.480 e. The monoisotopic (exact) mass is 366 g/mol. The zero-order valence-corrected chi connectivity index (χ0v) is 14.6. The van der Waals surface area contributed by atoms with Gasteiger partial charge < -0.3 is 15.1 Å². The highest BCUT2D eigenvalue weighted by molar-refractivity contribution is 7.99. The molecule has 1 amide bonds. The van der Waals surface area contributed by atoms with E-state index in [9.17, 15) is 19.5 Å². The second kappa shape index (κ2) is 9.43. The van der Waals surface area contributed by atoms with Crippen molar-refractivity contribution in [2.75, 3.05) is 24.6 Å². The molecule has 1 saturated heterocycles. The van der Waals surface area contributed by atoms with Gasteiger partial charge in [0.25, 0.3) is 0 Å². The van der Waals surface area contributed by atoms with Crippen LogP contribution in [0.4, 0.5) is 0 Å². The topological polar surface area (TPSA) is 107 Å². The number of amides is 1. The first-order chi connectivity index (χ1) is 12.0. The Labute approximate surface area is 150 Å². The molecule has 0 radical (unpaired) electrons. The molecule has 1 aromatic carbocycles. The molecule has 0 spiro atoms. The Morgan fingerprint density at radius 2 is 2.00 bits per heavy atom. The van der Waals surface area contributed by atoms with Crippen LogP contribution >= 0.6 is 11.8 Å². The number of hydrogen-bond acceptors (Lipinski definition) is 5. The lowest BCUT2D eigenvalue weighted by molar-refractivity contribution is -0.146. The highest BCUT2D eigenvalue weighted by Gasteiger charge is 2.31. The Morgan fingerprint density at radius 3 is 2.64 bits per heavy atom. The molecule has 7 nitrogen and oxygen atoms in total. The number of hydrogen-bond donors (Lipinski definition) is 3. The van der Waals surface area contributed by atoms with Crippen molar-refractivity contribution < 1.29 is 24.6 Å². The molecule has 0 aliphatic carbocycles. The molecule has 2 rings (SSSR count). The molecule has 0 bridgehead atoms. The SMILES string of the molecule is O=C(O)CN1CCSCC(NC(CCc2ccccc2)C(=O)O)C1=O. The van der Waals surface area contributed by atoms with Crippen molar-refractivity contribution in [2.24, 2.45) is 0 Å². The fourth-order valence-corrected chi connectivity index (χ4v) is 3.68. The lowest BCUT2D eigenvalue weighted by Gasteiger charge is -2.25. The van der Waals surface area contributed by atoms with Crippen molar-refractivity contribution in [3.05, 3.63) is 35.9 Å². The van der Waals surface area contributed by atoms with E-state index in [1.165, 1.54) is 16.7 Å². The van der Waals surface area contributed by atoms with Crippen molar-refractivity contribution in [3.8, 4) is 0 Å². The lowest BCUT2D eigenvalue weighted by Crippen LogP contribution is -2.53. The van der Waals surface area contributed by atoms with Gasteiger partial charge in [-0.15, -0.1) is 0 Å². The van der Waals surface area contributed by atoms with E-state index in [0.29, 0.717) is 30.9 Å². The average molecular weight is 366 g/mol. The van der Waals surface area contributed by atoms with Crippen LogP contribution in [0.3, 0.4) is 0 Å². The van der Waals surface area contributed by atoms with Gasteiger partial charge in [-0.3, -0.25) is 19.7 Å². The number of carbonyl (C=O) groups excluding carboxylic acids is 1. The maximum absolute atomic E-state index is 12.5. The number of benzene rings is 1. The molecule has 0 saturated carbocycles. The summed E-state index contributed by atoms with van der Waals surface area (Å²) < 4.78 is 0. The highest BCUT2D eigenvalue weighted by Crippen LogP contribution is 2.14. The summed E-state index contributed by atoms with van der Waals surface area (Å²) >= 11 is 1.52. The van der Waals surface area contributed by atoms with Crippen molar-refractivity contribution >= 4 is 29.6 Å². The van der Waals surface area contributed by atoms with E-state index in [1.807, 2.05) is 30.3 Å². The molecule has 25 heavy (non-hydrogen) atoms. The maximum Gasteiger partial charge on any atom is 0.323 e. The zero-order chi connectivity index (χ0) is 18.2. The third-order valence-electron chi connectivity index (χ3n) is 3.99. The van der Waals surface area contributed by atoms with E-state index >= 15 is 0 Å². The quantitative estimate of drug-likeness (QED) is 0.621. The van der Waals surface area contributed by atoms with E-state index in [1.54, 1.807) is 0 Å². The molecule has 136 valence electrons. The molecule has 1 fully saturated rings. The van der Waals surface area contributed by atoms with E-state index < -0.39 is 24.0 Å². The fraction of sp³-hybridized carbons (Fsp3) is 0.471. The lowest BCUT2D eigenvalue weighted by atomic mass is 10.0. The molecule has 2 atom stereocenters. The average Bonchev–Trinajstić information content (AvgIpc) is 2.74. The van der Waals surface area contributed by atoms with E-state index in [-0.39, 0.29) is 12.5 Å². The summed E-state index contributed by atoms with van der Waals surface area (Å²) in [5, 5.41) is 21.3. The zero-order valence-electron chi connectivity index (χ0n) is 13.8. The van der Waals surface area contributed by atoms with Crippen molar-refractivity contribution in [1.29, 1.82) is 0 Å². The standard InChI is InChI=1S/C17H22N2O5S/c20-15(21)10-19-8-9-25-11-14(16(19)22)18-13(17(23)24)7-6-12-4-2-1-3-5-12/h1-5,13-14,18H,6-11H2,(H,20,21)(H,23,24). The summed E-state index contributed by atoms with van der Waals surface area (Å²) in [6, 6.07) is 8.00. The molecular formula is C17H22N2O5S. The number of carboxylic acids is 2. The van der Waals surface area contributed by atoms with Crippen LogP contribution in [0.1, 0.15) is 12.0 Å². The van der Waals surface area contributed by atoms with Crippen LogP contribution in [0.2, 0.25) is 0 Å². The predicted molar refractivity (Wildman–Crippen MR) is 94.7 cm³/mol. The Balaban J connectivity index is 2.00. The molecule has 1 heterocycles. The second-order valence-electron chi connectivity index (χ2n) is 5.86. The third-order valence-corrected chi connectivity index (χ3v) is 5.03. The van der Waals surface area contributed by atoms with Gasteiger partial charge in [0, 0.05) is 18.1 Å². The Hall–Kier alpha value is -2.06. The number of aryl methyl sites for hydroxylation is 1. The van der Waals surface area contributed by atoms with Gasteiger partial charge >= 0.3 is 11.9 Å². The first-order valence-corrected chi connectivity index (χ1v) is 9.24. The Kier molecular flexibility index (Phi) is 7.27. The van der Waals surface area contributed by atoms with Gasteiger partial charge in [-0.05, 0) is 18.4 Å². The van der Waals surface area contributed by atoms with Gasteiger partial charge in [-0.1, -0.05) is 30.3 Å². The molecule has 0 aromatic heterocycles. The Morgan fingerprint density at radius 1 is 1.28 bits per heavy atom. The number of thioether (sulfide) groups is 1. The van der Waals surface area contributed by atoms with Crippen LogP contribution in [0.25, 0.3) is 0 Å². The number of nitrogens with zero attached hydrogens (tertiary/aromatic N) is 1. The number of aliphatic carboxylic acids is 2. The van der Waals surface area contributed by atoms with E-state index in [4.69, 9.17) is 5.11 Å². The van der Waals surface area contributed by atoms with Gasteiger partial charge in [-0.2, -0.15) is 11.8 Å². The number of nitrogens with one attached hydrogen (secondary N) is 1. The number of carboxylic acid groups (broad SMARTS) is 2. The van der Waals surface area contributed by atoms with Crippen LogP contribution in [0, 0.1) is 0 Å². The molecule has 1 aliphatic heterocycles. The van der Waals surface area contributed by atoms with Crippen molar-refractivity contribution in [1.82, 2.24) is 10.2 Å². The first-order valence-electron chi connectivity index (χ1n) is 8.08. The molecule has 8 heteroatoms. The molecular weight excluding hydrogens is 344 g/mol. The summed E-state index contributed by atoms with van der Waals surface area (Å²) in [6.07, 6.45) is 0.935. The van der Waals surface area contributed by atoms with Crippen molar-refractivity contribution in [2.45, 2.75) is 24.9 Å². The molecule has 2 unspecified atom stereocenters. The smallest absolute Gasteiger partial charge is 0.323 e. The van der Waals surface area contributed by atoms with Crippen LogP contribution < -0.4 is 5.32 Å². The second-order valence-corrected chi connectivity index (χ2v) is 7.01. The molecule has 1 aromatic rings. The van der Waals surface area contributed by atoms with Crippen LogP contribution in [0.15, 0.2) is 30.3 Å². The third kappa shape index (κ3) is 6.06. The minimum atomic E-state index is -1.07. The normalized spacial score (nSPS) is 19.3.